The third-order valence-corrected chi connectivity index (χ3v) is 6.12. The molecule has 2 atom stereocenters. The van der Waals surface area contributed by atoms with Crippen LogP contribution >= 0.6 is 27.7 Å². The van der Waals surface area contributed by atoms with E-state index in [0.717, 1.165) is 21.4 Å². The number of benzene rings is 2. The van der Waals surface area contributed by atoms with Crippen LogP contribution in [0.2, 0.25) is 0 Å². The maximum atomic E-state index is 12.9. The van der Waals surface area contributed by atoms with Gasteiger partial charge in [-0.05, 0) is 37.3 Å². The summed E-state index contributed by atoms with van der Waals surface area (Å²) in [6.07, 6.45) is 0. The van der Waals surface area contributed by atoms with E-state index in [0.29, 0.717) is 0 Å². The van der Waals surface area contributed by atoms with Crippen LogP contribution in [0, 0.1) is 0 Å². The molecule has 1 saturated heterocycles. The standard InChI is InChI=1S/C17H13BrN2O2S/c1-10-15(21)20(12-5-3-2-4-6-12)17(23-10)13-9-11(18)7-8-14(13)19-16(17)22/h2-10H,1H3,(H,19,22). The van der Waals surface area contributed by atoms with Crippen molar-refractivity contribution < 1.29 is 9.59 Å². The second-order valence-corrected chi connectivity index (χ2v) is 8.01. The number of hydrogen-bond donors (Lipinski definition) is 1. The van der Waals surface area contributed by atoms with Gasteiger partial charge in [0.15, 0.2) is 0 Å². The quantitative estimate of drug-likeness (QED) is 0.809. The molecule has 2 aliphatic heterocycles. The minimum absolute atomic E-state index is 0.0517. The van der Waals surface area contributed by atoms with Crippen LogP contribution < -0.4 is 10.2 Å². The Kier molecular flexibility index (Phi) is 3.28. The molecule has 2 amide bonds. The summed E-state index contributed by atoms with van der Waals surface area (Å²) in [4.78, 5) is 26.3. The number of carbonyl (C=O) groups excluding carboxylic acids is 2. The molecular formula is C17H13BrN2O2S. The molecule has 0 aromatic heterocycles. The van der Waals surface area contributed by atoms with Gasteiger partial charge in [-0.2, -0.15) is 0 Å². The van der Waals surface area contributed by atoms with E-state index in [4.69, 9.17) is 0 Å². The molecule has 0 aliphatic carbocycles. The summed E-state index contributed by atoms with van der Waals surface area (Å²) in [5.74, 6) is -0.221. The van der Waals surface area contributed by atoms with Crippen molar-refractivity contribution in [2.75, 3.05) is 10.2 Å². The molecule has 0 bridgehead atoms. The monoisotopic (exact) mass is 388 g/mol. The number of amides is 2. The van der Waals surface area contributed by atoms with Crippen LogP contribution in [0.4, 0.5) is 11.4 Å². The second-order valence-electron chi connectivity index (χ2n) is 5.56. The fraction of sp³-hybridized carbons (Fsp3) is 0.176. The Hall–Kier alpha value is -1.79. The van der Waals surface area contributed by atoms with Gasteiger partial charge in [0.05, 0.1) is 5.25 Å². The highest BCUT2D eigenvalue weighted by atomic mass is 79.9. The van der Waals surface area contributed by atoms with Gasteiger partial charge < -0.3 is 5.32 Å². The molecule has 1 spiro atoms. The van der Waals surface area contributed by atoms with E-state index in [9.17, 15) is 9.59 Å². The first-order chi connectivity index (χ1) is 11.0. The van der Waals surface area contributed by atoms with E-state index < -0.39 is 4.87 Å². The zero-order valence-corrected chi connectivity index (χ0v) is 14.6. The lowest BCUT2D eigenvalue weighted by Crippen LogP contribution is -2.47. The Bertz CT molecular complexity index is 827. The summed E-state index contributed by atoms with van der Waals surface area (Å²) < 4.78 is 0.882. The highest BCUT2D eigenvalue weighted by Gasteiger charge is 2.60. The van der Waals surface area contributed by atoms with Crippen molar-refractivity contribution >= 4 is 50.9 Å². The Morgan fingerprint density at radius 3 is 2.65 bits per heavy atom. The van der Waals surface area contributed by atoms with Crippen molar-refractivity contribution in [3.8, 4) is 0 Å². The van der Waals surface area contributed by atoms with Crippen LogP contribution in [-0.2, 0) is 14.5 Å². The zero-order valence-electron chi connectivity index (χ0n) is 12.2. The van der Waals surface area contributed by atoms with Gasteiger partial charge in [0.2, 0.25) is 10.8 Å². The summed E-state index contributed by atoms with van der Waals surface area (Å²) in [6.45, 7) is 1.85. The molecule has 1 fully saturated rings. The van der Waals surface area contributed by atoms with Gasteiger partial charge in [-0.15, -0.1) is 11.8 Å². The normalized spacial score (nSPS) is 25.8. The SMILES string of the molecule is CC1SC2(C(=O)Nc3ccc(Br)cc32)N(c2ccccc2)C1=O. The number of para-hydroxylation sites is 1. The molecule has 2 aromatic rings. The van der Waals surface area contributed by atoms with Gasteiger partial charge in [-0.1, -0.05) is 34.1 Å². The zero-order chi connectivity index (χ0) is 16.2. The molecule has 0 saturated carbocycles. The first-order valence-electron chi connectivity index (χ1n) is 7.22. The van der Waals surface area contributed by atoms with E-state index >= 15 is 0 Å². The minimum atomic E-state index is -1.04. The average Bonchev–Trinajstić information content (AvgIpc) is 2.96. The van der Waals surface area contributed by atoms with Gasteiger partial charge >= 0.3 is 0 Å². The van der Waals surface area contributed by atoms with Crippen molar-refractivity contribution in [3.05, 3.63) is 58.6 Å². The molecule has 116 valence electrons. The van der Waals surface area contributed by atoms with Crippen molar-refractivity contribution in [3.63, 3.8) is 0 Å². The number of nitrogens with zero attached hydrogens (tertiary/aromatic N) is 1. The van der Waals surface area contributed by atoms with Crippen LogP contribution in [-0.4, -0.2) is 17.1 Å². The molecule has 2 heterocycles. The number of carbonyl (C=O) groups is 2. The third-order valence-electron chi connectivity index (χ3n) is 4.15. The second kappa shape index (κ2) is 5.11. The minimum Gasteiger partial charge on any atom is -0.323 e. The Balaban J connectivity index is 1.97. The maximum Gasteiger partial charge on any atom is 0.266 e. The van der Waals surface area contributed by atoms with Crippen LogP contribution in [0.3, 0.4) is 0 Å². The molecule has 2 aromatic carbocycles. The number of thioether (sulfide) groups is 1. The summed E-state index contributed by atoms with van der Waals surface area (Å²) >= 11 is 4.86. The predicted molar refractivity (Wildman–Crippen MR) is 95.4 cm³/mol. The van der Waals surface area contributed by atoms with Gasteiger partial charge in [0.1, 0.15) is 0 Å². The third kappa shape index (κ3) is 1.98. The largest absolute Gasteiger partial charge is 0.323 e. The number of rotatable bonds is 1. The lowest BCUT2D eigenvalue weighted by molar-refractivity contribution is -0.122. The fourth-order valence-corrected chi connectivity index (χ4v) is 4.99. The summed E-state index contributed by atoms with van der Waals surface area (Å²) in [7, 11) is 0. The lowest BCUT2D eigenvalue weighted by Gasteiger charge is -2.32. The van der Waals surface area contributed by atoms with Gasteiger partial charge in [0, 0.05) is 21.4 Å². The van der Waals surface area contributed by atoms with Crippen molar-refractivity contribution in [2.45, 2.75) is 17.0 Å². The number of hydrogen-bond acceptors (Lipinski definition) is 3. The molecule has 6 heteroatoms. The predicted octanol–water partition coefficient (Wildman–Crippen LogP) is 3.72. The Labute approximate surface area is 146 Å². The van der Waals surface area contributed by atoms with Crippen LogP contribution in [0.15, 0.2) is 53.0 Å². The van der Waals surface area contributed by atoms with E-state index in [2.05, 4.69) is 21.2 Å². The molecule has 23 heavy (non-hydrogen) atoms. The molecule has 1 N–H and O–H groups in total. The lowest BCUT2D eigenvalue weighted by atomic mass is 10.0. The topological polar surface area (TPSA) is 49.4 Å². The van der Waals surface area contributed by atoms with Gasteiger partial charge in [-0.3, -0.25) is 14.5 Å². The van der Waals surface area contributed by atoms with Gasteiger partial charge in [0.25, 0.3) is 5.91 Å². The molecular weight excluding hydrogens is 376 g/mol. The van der Waals surface area contributed by atoms with Crippen LogP contribution in [0.25, 0.3) is 0 Å². The van der Waals surface area contributed by atoms with Crippen LogP contribution in [0.1, 0.15) is 12.5 Å². The summed E-state index contributed by atoms with van der Waals surface area (Å²) in [5, 5.41) is 2.64. The highest BCUT2D eigenvalue weighted by Crippen LogP contribution is 2.56. The van der Waals surface area contributed by atoms with E-state index in [1.807, 2.05) is 55.5 Å². The molecule has 2 aliphatic rings. The van der Waals surface area contributed by atoms with E-state index in [-0.39, 0.29) is 17.1 Å². The number of fused-ring (bicyclic) bond motifs is 2. The van der Waals surface area contributed by atoms with E-state index in [1.54, 1.807) is 4.90 Å². The maximum absolute atomic E-state index is 12.9. The smallest absolute Gasteiger partial charge is 0.266 e. The summed E-state index contributed by atoms with van der Waals surface area (Å²) in [5.41, 5.74) is 2.31. The van der Waals surface area contributed by atoms with Crippen molar-refractivity contribution in [1.82, 2.24) is 0 Å². The number of nitrogens with one attached hydrogen (secondary N) is 1. The Morgan fingerprint density at radius 1 is 1.17 bits per heavy atom. The highest BCUT2D eigenvalue weighted by molar-refractivity contribution is 9.10. The van der Waals surface area contributed by atoms with E-state index in [1.165, 1.54) is 11.8 Å². The summed E-state index contributed by atoms with van der Waals surface area (Å²) in [6, 6.07) is 15.0. The van der Waals surface area contributed by atoms with Crippen LogP contribution in [0.5, 0.6) is 0 Å². The molecule has 4 nitrogen and oxygen atoms in total. The molecule has 0 radical (unpaired) electrons. The van der Waals surface area contributed by atoms with Crippen molar-refractivity contribution in [2.24, 2.45) is 0 Å². The Morgan fingerprint density at radius 2 is 1.91 bits per heavy atom. The molecule has 4 rings (SSSR count). The first-order valence-corrected chi connectivity index (χ1v) is 8.90. The van der Waals surface area contributed by atoms with Crippen molar-refractivity contribution in [1.29, 1.82) is 0 Å². The molecule has 2 unspecified atom stereocenters. The number of halogens is 1. The first kappa shape index (κ1) is 14.8. The number of anilines is 2. The fourth-order valence-electron chi connectivity index (χ4n) is 3.16. The average molecular weight is 389 g/mol. The van der Waals surface area contributed by atoms with Gasteiger partial charge in [-0.25, -0.2) is 0 Å².